The molecule has 1 saturated heterocycles. The number of aryl methyl sites for hydroxylation is 1. The van der Waals surface area contributed by atoms with Crippen molar-refractivity contribution in [2.75, 3.05) is 20.3 Å². The molecule has 11 heteroatoms. The van der Waals surface area contributed by atoms with E-state index in [1.54, 1.807) is 19.1 Å². The molecule has 0 aromatic heterocycles. The van der Waals surface area contributed by atoms with Crippen LogP contribution in [-0.4, -0.2) is 77.1 Å². The molecule has 43 heavy (non-hydrogen) atoms. The summed E-state index contributed by atoms with van der Waals surface area (Å²) in [5.74, 6) is -7.12. The quantitative estimate of drug-likeness (QED) is 0.222. The first-order chi connectivity index (χ1) is 20.6. The maximum absolute atomic E-state index is 13.7. The highest BCUT2D eigenvalue weighted by molar-refractivity contribution is 6.02. The number of ether oxygens (including phenoxy) is 4. The van der Waals surface area contributed by atoms with Crippen molar-refractivity contribution >= 4 is 23.8 Å². The van der Waals surface area contributed by atoms with E-state index in [4.69, 9.17) is 14.2 Å². The largest absolute Gasteiger partial charge is 0.480 e. The highest BCUT2D eigenvalue weighted by Crippen LogP contribution is 2.33. The molecule has 0 aliphatic carbocycles. The van der Waals surface area contributed by atoms with E-state index in [9.17, 15) is 29.4 Å². The Morgan fingerprint density at radius 3 is 2.12 bits per heavy atom. The lowest BCUT2D eigenvalue weighted by Crippen LogP contribution is -2.52. The number of carboxylic acids is 2. The summed E-state index contributed by atoms with van der Waals surface area (Å²) in [6, 6.07) is 25.7. The lowest BCUT2D eigenvalue weighted by Gasteiger charge is -2.35. The fourth-order valence-corrected chi connectivity index (χ4v) is 5.06. The fraction of sp³-hybridized carbons (Fsp3) is 0.312. The molecule has 4 atom stereocenters. The molecule has 226 valence electrons. The van der Waals surface area contributed by atoms with E-state index in [2.05, 4.69) is 4.74 Å². The molecule has 1 aliphatic heterocycles. The number of hydrogen-bond acceptors (Lipinski definition) is 8. The number of carbonyl (C=O) groups excluding carboxylic acids is 2. The Balaban J connectivity index is 1.62. The average Bonchev–Trinajstić information content (AvgIpc) is 3.48. The minimum absolute atomic E-state index is 0.346. The zero-order valence-electron chi connectivity index (χ0n) is 23.8. The van der Waals surface area contributed by atoms with Gasteiger partial charge in [0.1, 0.15) is 18.0 Å². The monoisotopic (exact) mass is 591 g/mol. The van der Waals surface area contributed by atoms with Gasteiger partial charge in [-0.2, -0.15) is 0 Å². The third-order valence-electron chi connectivity index (χ3n) is 7.29. The molecule has 3 aromatic carbocycles. The van der Waals surface area contributed by atoms with Crippen LogP contribution in [0, 0.1) is 0 Å². The van der Waals surface area contributed by atoms with Gasteiger partial charge < -0.3 is 34.1 Å². The number of amides is 1. The molecule has 0 radical (unpaired) electrons. The Hall–Kier alpha value is -4.74. The summed E-state index contributed by atoms with van der Waals surface area (Å²) in [5, 5.41) is 19.3. The number of aliphatic carboxylic acids is 2. The molecular formula is C32H33NO10. The number of para-hydroxylation sites is 1. The number of benzene rings is 3. The van der Waals surface area contributed by atoms with Gasteiger partial charge in [0.15, 0.2) is 6.10 Å². The topological polar surface area (TPSA) is 149 Å². The molecule has 1 heterocycles. The standard InChI is InChI=1S/C32H33NO10/c1-21(33(19-28(34)35)29(36)27-20-41-32(43-27,30(37)38)31(39)40-2)26(18-13-22-9-5-3-6-10-22)23-14-16-25(17-15-23)42-24-11-7-4-8-12-24/h3-12,14-17,21,26-27H,13,18-20H2,1-2H3,(H,34,35)(H,37,38)/t21-,26+,27+,32+/m1/s1. The van der Waals surface area contributed by atoms with Gasteiger partial charge in [-0.15, -0.1) is 0 Å². The smallest absolute Gasteiger partial charge is 0.379 e. The second-order valence-corrected chi connectivity index (χ2v) is 10.0. The Morgan fingerprint density at radius 2 is 1.53 bits per heavy atom. The van der Waals surface area contributed by atoms with Gasteiger partial charge in [0.25, 0.3) is 5.91 Å². The van der Waals surface area contributed by atoms with Crippen molar-refractivity contribution in [3.63, 3.8) is 0 Å². The highest BCUT2D eigenvalue weighted by Gasteiger charge is 2.59. The molecule has 0 saturated carbocycles. The summed E-state index contributed by atoms with van der Waals surface area (Å²) < 4.78 is 20.9. The molecule has 3 aromatic rings. The average molecular weight is 592 g/mol. The molecule has 1 fully saturated rings. The van der Waals surface area contributed by atoms with Crippen LogP contribution in [0.15, 0.2) is 84.9 Å². The number of hydrogen-bond donors (Lipinski definition) is 2. The first kappa shape index (κ1) is 31.2. The van der Waals surface area contributed by atoms with Gasteiger partial charge in [0.2, 0.25) is 0 Å². The minimum Gasteiger partial charge on any atom is -0.480 e. The van der Waals surface area contributed by atoms with E-state index < -0.39 is 54.9 Å². The molecule has 4 rings (SSSR count). The predicted molar refractivity (Wildman–Crippen MR) is 152 cm³/mol. The Kier molecular flexibility index (Phi) is 10.1. The molecule has 2 N–H and O–H groups in total. The zero-order valence-corrected chi connectivity index (χ0v) is 23.8. The SMILES string of the molecule is COC(=O)[C@@]1(C(=O)O)OC[C@@H](C(=O)N(CC(=O)O)[C@H](C)[C@H](CCc2ccccc2)c2ccc(Oc3ccccc3)cc2)O1. The maximum Gasteiger partial charge on any atom is 0.379 e. The Morgan fingerprint density at radius 1 is 0.930 bits per heavy atom. The third-order valence-corrected chi connectivity index (χ3v) is 7.29. The van der Waals surface area contributed by atoms with Crippen molar-refractivity contribution in [2.45, 2.75) is 43.6 Å². The number of methoxy groups -OCH3 is 1. The van der Waals surface area contributed by atoms with Gasteiger partial charge in [-0.3, -0.25) is 9.59 Å². The second kappa shape index (κ2) is 14.0. The number of carbonyl (C=O) groups is 4. The van der Waals surface area contributed by atoms with Crippen LogP contribution >= 0.6 is 0 Å². The van der Waals surface area contributed by atoms with E-state index in [1.807, 2.05) is 72.8 Å². The van der Waals surface area contributed by atoms with E-state index in [0.717, 1.165) is 23.1 Å². The van der Waals surface area contributed by atoms with Crippen LogP contribution in [0.25, 0.3) is 0 Å². The van der Waals surface area contributed by atoms with Gasteiger partial charge in [0.05, 0.1) is 13.7 Å². The van der Waals surface area contributed by atoms with Gasteiger partial charge in [0, 0.05) is 12.0 Å². The van der Waals surface area contributed by atoms with Crippen LogP contribution in [0.5, 0.6) is 11.5 Å². The van der Waals surface area contributed by atoms with Gasteiger partial charge in [-0.25, -0.2) is 9.59 Å². The Bertz CT molecular complexity index is 1410. The molecule has 0 bridgehead atoms. The summed E-state index contributed by atoms with van der Waals surface area (Å²) in [6.07, 6.45) is -0.356. The van der Waals surface area contributed by atoms with Crippen molar-refractivity contribution in [1.29, 1.82) is 0 Å². The van der Waals surface area contributed by atoms with Crippen LogP contribution in [-0.2, 0) is 39.8 Å². The minimum atomic E-state index is -2.82. The van der Waals surface area contributed by atoms with Crippen molar-refractivity contribution in [3.05, 3.63) is 96.1 Å². The van der Waals surface area contributed by atoms with E-state index in [-0.39, 0.29) is 5.92 Å². The van der Waals surface area contributed by atoms with Gasteiger partial charge in [-0.1, -0.05) is 60.7 Å². The predicted octanol–water partition coefficient (Wildman–Crippen LogP) is 3.87. The van der Waals surface area contributed by atoms with Crippen molar-refractivity contribution in [1.82, 2.24) is 4.90 Å². The summed E-state index contributed by atoms with van der Waals surface area (Å²) in [7, 11) is 0.960. The van der Waals surface area contributed by atoms with Gasteiger partial charge >= 0.3 is 23.7 Å². The van der Waals surface area contributed by atoms with Crippen LogP contribution < -0.4 is 4.74 Å². The zero-order chi connectivity index (χ0) is 31.0. The maximum atomic E-state index is 13.7. The highest BCUT2D eigenvalue weighted by atomic mass is 16.8. The van der Waals surface area contributed by atoms with E-state index >= 15 is 0 Å². The first-order valence-electron chi connectivity index (χ1n) is 13.7. The third kappa shape index (κ3) is 7.37. The lowest BCUT2D eigenvalue weighted by atomic mass is 9.85. The number of rotatable bonds is 13. The first-order valence-corrected chi connectivity index (χ1v) is 13.7. The Labute approximate surface area is 248 Å². The van der Waals surface area contributed by atoms with E-state index in [1.165, 1.54) is 0 Å². The summed E-state index contributed by atoms with van der Waals surface area (Å²) >= 11 is 0. The number of nitrogens with zero attached hydrogens (tertiary/aromatic N) is 1. The second-order valence-electron chi connectivity index (χ2n) is 10.0. The number of carboxylic acid groups (broad SMARTS) is 2. The van der Waals surface area contributed by atoms with Crippen molar-refractivity contribution in [2.24, 2.45) is 0 Å². The van der Waals surface area contributed by atoms with Crippen LogP contribution in [0.1, 0.15) is 30.4 Å². The van der Waals surface area contributed by atoms with Crippen LogP contribution in [0.2, 0.25) is 0 Å². The van der Waals surface area contributed by atoms with Crippen LogP contribution in [0.3, 0.4) is 0 Å². The summed E-state index contributed by atoms with van der Waals surface area (Å²) in [4.78, 5) is 50.8. The summed E-state index contributed by atoms with van der Waals surface area (Å²) in [6.45, 7) is 0.462. The molecule has 0 spiro atoms. The molecule has 1 amide bonds. The molecule has 1 aliphatic rings. The molecule has 0 unspecified atom stereocenters. The number of esters is 1. The van der Waals surface area contributed by atoms with Gasteiger partial charge in [-0.05, 0) is 55.2 Å². The van der Waals surface area contributed by atoms with Crippen molar-refractivity contribution in [3.8, 4) is 11.5 Å². The molecular weight excluding hydrogens is 558 g/mol. The summed E-state index contributed by atoms with van der Waals surface area (Å²) in [5.41, 5.74) is 1.90. The van der Waals surface area contributed by atoms with E-state index in [0.29, 0.717) is 24.3 Å². The van der Waals surface area contributed by atoms with Crippen molar-refractivity contribution < 1.29 is 48.3 Å². The lowest BCUT2D eigenvalue weighted by molar-refractivity contribution is -0.220. The van der Waals surface area contributed by atoms with Crippen LogP contribution in [0.4, 0.5) is 0 Å². The molecule has 11 nitrogen and oxygen atoms in total. The normalized spacial score (nSPS) is 19.2. The fourth-order valence-electron chi connectivity index (χ4n) is 5.06.